The summed E-state index contributed by atoms with van der Waals surface area (Å²) >= 11 is 12.3. The lowest BCUT2D eigenvalue weighted by atomic mass is 10.2. The Morgan fingerprint density at radius 2 is 1.04 bits per heavy atom. The maximum atomic E-state index is 6.13. The third kappa shape index (κ3) is 4.31. The highest BCUT2D eigenvalue weighted by Crippen LogP contribution is 2.22. The number of rotatable bonds is 4. The largest absolute Gasteiger partial charge is 0.256 e. The topological polar surface area (TPSA) is 24.7 Å². The van der Waals surface area contributed by atoms with E-state index >= 15 is 0 Å². The first-order chi connectivity index (χ1) is 11.7. The van der Waals surface area contributed by atoms with E-state index < -0.39 is 0 Å². The van der Waals surface area contributed by atoms with Gasteiger partial charge in [0.15, 0.2) is 0 Å². The van der Waals surface area contributed by atoms with Crippen LogP contribution in [0, 0.1) is 0 Å². The molecule has 0 aromatic heterocycles. The molecule has 0 aliphatic rings. The van der Waals surface area contributed by atoms with Crippen molar-refractivity contribution in [2.75, 3.05) is 0 Å². The van der Waals surface area contributed by atoms with Crippen molar-refractivity contribution in [2.24, 2.45) is 9.98 Å². The molecule has 0 saturated carbocycles. The highest BCUT2D eigenvalue weighted by molar-refractivity contribution is 6.33. The second-order valence-corrected chi connectivity index (χ2v) is 5.89. The van der Waals surface area contributed by atoms with E-state index in [1.807, 2.05) is 72.8 Å². The molecule has 0 saturated heterocycles. The monoisotopic (exact) mass is 352 g/mol. The lowest BCUT2D eigenvalue weighted by Gasteiger charge is -1.99. The summed E-state index contributed by atoms with van der Waals surface area (Å²) in [6.07, 6.45) is 3.50. The molecule has 0 atom stereocenters. The van der Waals surface area contributed by atoms with Crippen LogP contribution in [0.25, 0.3) is 0 Å². The number of nitrogens with zero attached hydrogens (tertiary/aromatic N) is 2. The van der Waals surface area contributed by atoms with Crippen LogP contribution in [0.1, 0.15) is 11.1 Å². The van der Waals surface area contributed by atoms with E-state index in [1.54, 1.807) is 12.4 Å². The average molecular weight is 353 g/mol. The number of hydrogen-bond acceptors (Lipinski definition) is 2. The van der Waals surface area contributed by atoms with Gasteiger partial charge in [-0.2, -0.15) is 0 Å². The van der Waals surface area contributed by atoms with Gasteiger partial charge in [0.1, 0.15) is 0 Å². The molecule has 0 spiro atoms. The van der Waals surface area contributed by atoms with Crippen LogP contribution in [0.15, 0.2) is 82.8 Å². The van der Waals surface area contributed by atoms with Crippen molar-refractivity contribution >= 4 is 47.0 Å². The normalized spacial score (nSPS) is 11.4. The summed E-state index contributed by atoms with van der Waals surface area (Å²) in [6, 6.07) is 22.8. The molecule has 4 heteroatoms. The Morgan fingerprint density at radius 1 is 0.583 bits per heavy atom. The van der Waals surface area contributed by atoms with Gasteiger partial charge < -0.3 is 0 Å². The smallest absolute Gasteiger partial charge is 0.0651 e. The predicted molar refractivity (Wildman–Crippen MR) is 104 cm³/mol. The zero-order chi connectivity index (χ0) is 16.8. The zero-order valence-corrected chi connectivity index (χ0v) is 14.2. The Balaban J connectivity index is 1.80. The van der Waals surface area contributed by atoms with Gasteiger partial charge in [-0.05, 0) is 30.3 Å². The molecule has 3 rings (SSSR count). The predicted octanol–water partition coefficient (Wildman–Crippen LogP) is 6.49. The van der Waals surface area contributed by atoms with E-state index in [-0.39, 0.29) is 0 Å². The molecule has 0 heterocycles. The molecule has 2 nitrogen and oxygen atoms in total. The first-order valence-corrected chi connectivity index (χ1v) is 8.15. The van der Waals surface area contributed by atoms with E-state index in [9.17, 15) is 0 Å². The Bertz CT molecular complexity index is 831. The molecule has 0 radical (unpaired) electrons. The summed E-state index contributed by atoms with van der Waals surface area (Å²) in [6.45, 7) is 0. The number of halogens is 2. The standard InChI is InChI=1S/C20H14Cl2N2/c21-19-10-3-1-6-15(19)13-23-17-8-5-9-18(12-17)24-14-16-7-2-4-11-20(16)22/h1-14H. The second kappa shape index (κ2) is 7.91. The van der Waals surface area contributed by atoms with E-state index in [1.165, 1.54) is 0 Å². The van der Waals surface area contributed by atoms with Gasteiger partial charge in [-0.3, -0.25) is 9.98 Å². The van der Waals surface area contributed by atoms with Gasteiger partial charge in [0.2, 0.25) is 0 Å². The van der Waals surface area contributed by atoms with Gasteiger partial charge in [-0.25, -0.2) is 0 Å². The van der Waals surface area contributed by atoms with Crippen LogP contribution in [0.4, 0.5) is 11.4 Å². The van der Waals surface area contributed by atoms with Crippen LogP contribution in [0.3, 0.4) is 0 Å². The Kier molecular flexibility index (Phi) is 5.42. The first-order valence-electron chi connectivity index (χ1n) is 7.39. The molecule has 0 bridgehead atoms. The van der Waals surface area contributed by atoms with Gasteiger partial charge in [0.25, 0.3) is 0 Å². The summed E-state index contributed by atoms with van der Waals surface area (Å²) in [7, 11) is 0. The van der Waals surface area contributed by atoms with Gasteiger partial charge in [-0.15, -0.1) is 0 Å². The number of hydrogen-bond donors (Lipinski definition) is 0. The molecule has 0 unspecified atom stereocenters. The molecule has 3 aromatic carbocycles. The third-order valence-electron chi connectivity index (χ3n) is 3.35. The van der Waals surface area contributed by atoms with E-state index in [4.69, 9.17) is 23.2 Å². The Labute approximate surface area is 151 Å². The van der Waals surface area contributed by atoms with Crippen molar-refractivity contribution in [1.29, 1.82) is 0 Å². The van der Waals surface area contributed by atoms with Gasteiger partial charge in [0.05, 0.1) is 11.4 Å². The van der Waals surface area contributed by atoms with Gasteiger partial charge in [-0.1, -0.05) is 65.7 Å². The third-order valence-corrected chi connectivity index (χ3v) is 4.03. The molecular weight excluding hydrogens is 339 g/mol. The summed E-state index contributed by atoms with van der Waals surface area (Å²) in [5.74, 6) is 0. The molecule has 0 aliphatic carbocycles. The molecule has 24 heavy (non-hydrogen) atoms. The first kappa shape index (κ1) is 16.4. The van der Waals surface area contributed by atoms with Crippen LogP contribution in [-0.2, 0) is 0 Å². The fraction of sp³-hybridized carbons (Fsp3) is 0. The Hall–Kier alpha value is -2.42. The number of benzene rings is 3. The summed E-state index contributed by atoms with van der Waals surface area (Å²) < 4.78 is 0. The van der Waals surface area contributed by atoms with Crippen molar-refractivity contribution < 1.29 is 0 Å². The highest BCUT2D eigenvalue weighted by Gasteiger charge is 1.97. The molecular formula is C20H14Cl2N2. The van der Waals surface area contributed by atoms with E-state index in [0.717, 1.165) is 22.5 Å². The molecule has 0 fully saturated rings. The fourth-order valence-electron chi connectivity index (χ4n) is 2.10. The molecule has 0 N–H and O–H groups in total. The Morgan fingerprint density at radius 3 is 1.50 bits per heavy atom. The van der Waals surface area contributed by atoms with Crippen molar-refractivity contribution in [3.8, 4) is 0 Å². The minimum atomic E-state index is 0.675. The van der Waals surface area contributed by atoms with Crippen molar-refractivity contribution in [3.05, 3.63) is 94.0 Å². The second-order valence-electron chi connectivity index (χ2n) is 5.08. The van der Waals surface area contributed by atoms with Gasteiger partial charge in [0, 0.05) is 33.6 Å². The average Bonchev–Trinajstić information content (AvgIpc) is 2.61. The van der Waals surface area contributed by atoms with E-state index in [2.05, 4.69) is 9.98 Å². The maximum absolute atomic E-state index is 6.13. The lowest BCUT2D eigenvalue weighted by Crippen LogP contribution is -1.82. The van der Waals surface area contributed by atoms with Crippen LogP contribution >= 0.6 is 23.2 Å². The van der Waals surface area contributed by atoms with Crippen LogP contribution < -0.4 is 0 Å². The van der Waals surface area contributed by atoms with E-state index in [0.29, 0.717) is 10.0 Å². The minimum Gasteiger partial charge on any atom is -0.256 e. The summed E-state index contributed by atoms with van der Waals surface area (Å²) in [4.78, 5) is 8.92. The maximum Gasteiger partial charge on any atom is 0.0651 e. The van der Waals surface area contributed by atoms with Crippen molar-refractivity contribution in [2.45, 2.75) is 0 Å². The summed E-state index contributed by atoms with van der Waals surface area (Å²) in [5.41, 5.74) is 3.38. The molecule has 3 aromatic rings. The lowest BCUT2D eigenvalue weighted by molar-refractivity contribution is 1.47. The van der Waals surface area contributed by atoms with Crippen LogP contribution in [-0.4, -0.2) is 12.4 Å². The van der Waals surface area contributed by atoms with Crippen molar-refractivity contribution in [1.82, 2.24) is 0 Å². The fourth-order valence-corrected chi connectivity index (χ4v) is 2.47. The zero-order valence-electron chi connectivity index (χ0n) is 12.7. The van der Waals surface area contributed by atoms with Crippen LogP contribution in [0.2, 0.25) is 10.0 Å². The minimum absolute atomic E-state index is 0.675. The summed E-state index contributed by atoms with van der Waals surface area (Å²) in [5, 5.41) is 1.35. The van der Waals surface area contributed by atoms with Crippen molar-refractivity contribution in [3.63, 3.8) is 0 Å². The molecule has 118 valence electrons. The molecule has 0 amide bonds. The molecule has 0 aliphatic heterocycles. The van der Waals surface area contributed by atoms with Crippen LogP contribution in [0.5, 0.6) is 0 Å². The van der Waals surface area contributed by atoms with Gasteiger partial charge >= 0.3 is 0 Å². The SMILES string of the molecule is Clc1ccccc1C=Nc1cccc(N=Cc2ccccc2Cl)c1. The highest BCUT2D eigenvalue weighted by atomic mass is 35.5. The quantitative estimate of drug-likeness (QED) is 0.479. The number of aliphatic imine (C=N–C) groups is 2.